The molecule has 0 bridgehead atoms. The second kappa shape index (κ2) is 9.92. The van der Waals surface area contributed by atoms with Gasteiger partial charge in [-0.05, 0) is 56.9 Å². The molecule has 2 aliphatic rings. The van der Waals surface area contributed by atoms with Crippen LogP contribution in [-0.2, 0) is 16.6 Å². The van der Waals surface area contributed by atoms with Crippen LogP contribution < -0.4 is 15.0 Å². The molecule has 2 aliphatic heterocycles. The SMILES string of the molecule is CCOc1ccccc1CNC(=O)c1ccc(N2CCCC2)c(S(=O)(=O)N2CCCC2)c1. The van der Waals surface area contributed by atoms with Crippen LogP contribution in [0.25, 0.3) is 0 Å². The number of anilines is 1. The Morgan fingerprint density at radius 3 is 2.41 bits per heavy atom. The zero-order valence-electron chi connectivity index (χ0n) is 18.5. The second-order valence-corrected chi connectivity index (χ2v) is 10.1. The summed E-state index contributed by atoms with van der Waals surface area (Å²) in [5, 5.41) is 2.91. The summed E-state index contributed by atoms with van der Waals surface area (Å²) in [6.45, 7) is 5.50. The van der Waals surface area contributed by atoms with Gasteiger partial charge in [-0.3, -0.25) is 4.79 Å². The van der Waals surface area contributed by atoms with Gasteiger partial charge in [0.15, 0.2) is 0 Å². The van der Waals surface area contributed by atoms with Crippen molar-refractivity contribution < 1.29 is 17.9 Å². The fourth-order valence-electron chi connectivity index (χ4n) is 4.37. The van der Waals surface area contributed by atoms with Crippen molar-refractivity contribution in [2.45, 2.75) is 44.0 Å². The molecule has 0 unspecified atom stereocenters. The van der Waals surface area contributed by atoms with E-state index in [1.807, 2.05) is 31.2 Å². The van der Waals surface area contributed by atoms with Crippen LogP contribution >= 0.6 is 0 Å². The molecular formula is C24H31N3O4S. The molecule has 2 aromatic rings. The summed E-state index contributed by atoms with van der Waals surface area (Å²) >= 11 is 0. The van der Waals surface area contributed by atoms with Gasteiger partial charge in [0.2, 0.25) is 10.0 Å². The van der Waals surface area contributed by atoms with Crippen LogP contribution in [0.3, 0.4) is 0 Å². The number of benzene rings is 2. The summed E-state index contributed by atoms with van der Waals surface area (Å²) in [5.74, 6) is 0.430. The number of rotatable bonds is 8. The van der Waals surface area contributed by atoms with Crippen LogP contribution in [-0.4, -0.2) is 51.4 Å². The third-order valence-corrected chi connectivity index (χ3v) is 7.99. The number of nitrogens with zero attached hydrogens (tertiary/aromatic N) is 2. The Morgan fingerprint density at radius 1 is 1.00 bits per heavy atom. The summed E-state index contributed by atoms with van der Waals surface area (Å²) in [5.41, 5.74) is 1.92. The molecule has 7 nitrogen and oxygen atoms in total. The lowest BCUT2D eigenvalue weighted by Gasteiger charge is -2.24. The first kappa shape index (κ1) is 22.6. The van der Waals surface area contributed by atoms with Gasteiger partial charge >= 0.3 is 0 Å². The van der Waals surface area contributed by atoms with Crippen molar-refractivity contribution in [3.8, 4) is 5.75 Å². The van der Waals surface area contributed by atoms with E-state index in [2.05, 4.69) is 10.2 Å². The van der Waals surface area contributed by atoms with E-state index in [1.165, 1.54) is 0 Å². The van der Waals surface area contributed by atoms with Gasteiger partial charge in [-0.15, -0.1) is 0 Å². The van der Waals surface area contributed by atoms with Gasteiger partial charge in [0.05, 0.1) is 12.3 Å². The van der Waals surface area contributed by atoms with Crippen LogP contribution in [0, 0.1) is 0 Å². The molecule has 32 heavy (non-hydrogen) atoms. The van der Waals surface area contributed by atoms with Gasteiger partial charge in [0.25, 0.3) is 5.91 Å². The number of carbonyl (C=O) groups is 1. The number of ether oxygens (including phenoxy) is 1. The van der Waals surface area contributed by atoms with Gasteiger partial charge in [0, 0.05) is 43.9 Å². The Balaban J connectivity index is 1.60. The summed E-state index contributed by atoms with van der Waals surface area (Å²) in [6, 6.07) is 12.6. The highest BCUT2D eigenvalue weighted by Crippen LogP contribution is 2.33. The molecule has 172 valence electrons. The van der Waals surface area contributed by atoms with Gasteiger partial charge < -0.3 is 15.0 Å². The first-order valence-corrected chi connectivity index (χ1v) is 12.8. The molecule has 2 fully saturated rings. The lowest BCUT2D eigenvalue weighted by molar-refractivity contribution is 0.0950. The van der Waals surface area contributed by atoms with Gasteiger partial charge in [0.1, 0.15) is 10.6 Å². The maximum Gasteiger partial charge on any atom is 0.251 e. The van der Waals surface area contributed by atoms with Crippen molar-refractivity contribution in [1.29, 1.82) is 0 Å². The first-order valence-electron chi connectivity index (χ1n) is 11.4. The van der Waals surface area contributed by atoms with E-state index in [9.17, 15) is 13.2 Å². The molecule has 2 saturated heterocycles. The van der Waals surface area contributed by atoms with E-state index < -0.39 is 10.0 Å². The Kier molecular flexibility index (Phi) is 7.01. The Bertz CT molecular complexity index is 1060. The molecule has 0 radical (unpaired) electrons. The van der Waals surface area contributed by atoms with E-state index in [0.29, 0.717) is 37.5 Å². The molecule has 0 spiro atoms. The van der Waals surface area contributed by atoms with Crippen molar-refractivity contribution in [2.24, 2.45) is 0 Å². The maximum absolute atomic E-state index is 13.4. The van der Waals surface area contributed by atoms with E-state index in [-0.39, 0.29) is 10.8 Å². The quantitative estimate of drug-likeness (QED) is 0.657. The fraction of sp³-hybridized carbons (Fsp3) is 0.458. The normalized spacial score (nSPS) is 17.0. The Hall–Kier alpha value is -2.58. The topological polar surface area (TPSA) is 79.0 Å². The third kappa shape index (κ3) is 4.76. The molecule has 1 amide bonds. The second-order valence-electron chi connectivity index (χ2n) is 8.21. The lowest BCUT2D eigenvalue weighted by atomic mass is 10.1. The average molecular weight is 458 g/mol. The Labute approximate surface area is 190 Å². The lowest BCUT2D eigenvalue weighted by Crippen LogP contribution is -2.31. The van der Waals surface area contributed by atoms with Gasteiger partial charge in [-0.1, -0.05) is 18.2 Å². The number of carbonyl (C=O) groups excluding carboxylic acids is 1. The minimum atomic E-state index is -3.65. The average Bonchev–Trinajstić information content (AvgIpc) is 3.53. The number of nitrogens with one attached hydrogen (secondary N) is 1. The van der Waals surface area contributed by atoms with Crippen molar-refractivity contribution in [1.82, 2.24) is 9.62 Å². The molecule has 0 aromatic heterocycles. The number of sulfonamides is 1. The Morgan fingerprint density at radius 2 is 1.69 bits per heavy atom. The standard InChI is InChI=1S/C24H31N3O4S/c1-2-31-22-10-4-3-9-20(22)18-25-24(28)19-11-12-21(26-13-5-6-14-26)23(17-19)32(29,30)27-15-7-8-16-27/h3-4,9-12,17H,2,5-8,13-16,18H2,1H3,(H,25,28). The van der Waals surface area contributed by atoms with Crippen LogP contribution in [0.15, 0.2) is 47.4 Å². The highest BCUT2D eigenvalue weighted by Gasteiger charge is 2.32. The van der Waals surface area contributed by atoms with Gasteiger partial charge in [-0.2, -0.15) is 4.31 Å². The summed E-state index contributed by atoms with van der Waals surface area (Å²) in [6.07, 6.45) is 3.84. The molecule has 2 heterocycles. The van der Waals surface area contributed by atoms with E-state index in [0.717, 1.165) is 50.1 Å². The molecule has 8 heteroatoms. The molecule has 2 aromatic carbocycles. The van der Waals surface area contributed by atoms with Crippen molar-refractivity contribution in [3.63, 3.8) is 0 Å². The van der Waals surface area contributed by atoms with E-state index >= 15 is 0 Å². The molecule has 0 aliphatic carbocycles. The molecule has 1 N–H and O–H groups in total. The number of para-hydroxylation sites is 1. The van der Waals surface area contributed by atoms with Crippen LogP contribution in [0.4, 0.5) is 5.69 Å². The van der Waals surface area contributed by atoms with Crippen molar-refractivity contribution in [2.75, 3.05) is 37.7 Å². The van der Waals surface area contributed by atoms with Crippen LogP contribution in [0.2, 0.25) is 0 Å². The number of hydrogen-bond acceptors (Lipinski definition) is 5. The van der Waals surface area contributed by atoms with Crippen molar-refractivity contribution >= 4 is 21.6 Å². The predicted molar refractivity (Wildman–Crippen MR) is 125 cm³/mol. The highest BCUT2D eigenvalue weighted by molar-refractivity contribution is 7.89. The minimum Gasteiger partial charge on any atom is -0.494 e. The van der Waals surface area contributed by atoms with Crippen LogP contribution in [0.1, 0.15) is 48.5 Å². The van der Waals surface area contributed by atoms with Crippen molar-refractivity contribution in [3.05, 3.63) is 53.6 Å². The summed E-state index contributed by atoms with van der Waals surface area (Å²) in [7, 11) is -3.65. The first-order chi connectivity index (χ1) is 15.5. The molecule has 0 saturated carbocycles. The number of amides is 1. The number of hydrogen-bond donors (Lipinski definition) is 1. The monoisotopic (exact) mass is 457 g/mol. The largest absolute Gasteiger partial charge is 0.494 e. The molecule has 4 rings (SSSR count). The summed E-state index contributed by atoms with van der Waals surface area (Å²) < 4.78 is 34.0. The van der Waals surface area contributed by atoms with Gasteiger partial charge in [-0.25, -0.2) is 8.42 Å². The minimum absolute atomic E-state index is 0.240. The smallest absolute Gasteiger partial charge is 0.251 e. The van der Waals surface area contributed by atoms with E-state index in [1.54, 1.807) is 22.5 Å². The molecular weight excluding hydrogens is 426 g/mol. The zero-order chi connectivity index (χ0) is 22.6. The highest BCUT2D eigenvalue weighted by atomic mass is 32.2. The van der Waals surface area contributed by atoms with E-state index in [4.69, 9.17) is 4.74 Å². The summed E-state index contributed by atoms with van der Waals surface area (Å²) in [4.78, 5) is 15.3. The zero-order valence-corrected chi connectivity index (χ0v) is 19.4. The third-order valence-electron chi connectivity index (χ3n) is 6.06. The fourth-order valence-corrected chi connectivity index (χ4v) is 6.13. The van der Waals surface area contributed by atoms with Crippen LogP contribution in [0.5, 0.6) is 5.75 Å². The molecule has 0 atom stereocenters. The maximum atomic E-state index is 13.4. The predicted octanol–water partition coefficient (Wildman–Crippen LogP) is 3.40.